The molecule has 0 bridgehead atoms. The number of fused-ring (bicyclic) bond motifs is 3. The second-order valence-corrected chi connectivity index (χ2v) is 11.4. The Labute approximate surface area is 280 Å². The molecule has 6 rings (SSSR count). The molecule has 2 aliphatic heterocycles. The van der Waals surface area contributed by atoms with Crippen molar-refractivity contribution in [1.82, 2.24) is 4.90 Å². The predicted molar refractivity (Wildman–Crippen MR) is 182 cm³/mol. The number of rotatable bonds is 13. The summed E-state index contributed by atoms with van der Waals surface area (Å²) < 4.78 is 24.0. The number of ketones is 3. The first-order valence-corrected chi connectivity index (χ1v) is 16.5. The van der Waals surface area contributed by atoms with Crippen molar-refractivity contribution in [1.29, 1.82) is 0 Å². The Morgan fingerprint density at radius 3 is 1.75 bits per heavy atom. The third kappa shape index (κ3) is 5.41. The van der Waals surface area contributed by atoms with Gasteiger partial charge in [0.25, 0.3) is 0 Å². The minimum Gasteiger partial charge on any atom is -0.490 e. The Morgan fingerprint density at radius 2 is 1.17 bits per heavy atom. The molecule has 4 aromatic carbocycles. The summed E-state index contributed by atoms with van der Waals surface area (Å²) in [7, 11) is 0. The molecule has 2 heterocycles. The van der Waals surface area contributed by atoms with Gasteiger partial charge in [0.05, 0.1) is 32.0 Å². The molecule has 0 saturated carbocycles. The van der Waals surface area contributed by atoms with Crippen LogP contribution in [-0.2, 0) is 16.8 Å². The molecule has 0 fully saturated rings. The summed E-state index contributed by atoms with van der Waals surface area (Å²) in [5, 5.41) is 0. The zero-order chi connectivity index (χ0) is 33.8. The van der Waals surface area contributed by atoms with Crippen LogP contribution in [0.2, 0.25) is 0 Å². The second-order valence-electron chi connectivity index (χ2n) is 11.4. The Balaban J connectivity index is 1.69. The van der Waals surface area contributed by atoms with Gasteiger partial charge in [-0.2, -0.15) is 0 Å². The van der Waals surface area contributed by atoms with Crippen LogP contribution in [0.5, 0.6) is 23.0 Å². The van der Waals surface area contributed by atoms with Crippen LogP contribution in [0, 0.1) is 0 Å². The van der Waals surface area contributed by atoms with Crippen LogP contribution in [0.4, 0.5) is 0 Å². The van der Waals surface area contributed by atoms with Gasteiger partial charge in [0, 0.05) is 17.7 Å². The quantitative estimate of drug-likeness (QED) is 0.114. The molecule has 8 nitrogen and oxygen atoms in total. The van der Waals surface area contributed by atoms with Gasteiger partial charge in [-0.05, 0) is 75.1 Å². The van der Waals surface area contributed by atoms with Crippen LogP contribution in [0.1, 0.15) is 65.1 Å². The van der Waals surface area contributed by atoms with E-state index in [9.17, 15) is 9.59 Å². The van der Waals surface area contributed by atoms with Crippen LogP contribution in [-0.4, -0.2) is 55.2 Å². The van der Waals surface area contributed by atoms with E-state index in [1.54, 1.807) is 66.7 Å². The van der Waals surface area contributed by atoms with Crippen molar-refractivity contribution in [3.8, 4) is 23.0 Å². The zero-order valence-corrected chi connectivity index (χ0v) is 27.7. The molecule has 0 aliphatic carbocycles. The van der Waals surface area contributed by atoms with E-state index in [4.69, 9.17) is 18.9 Å². The van der Waals surface area contributed by atoms with E-state index < -0.39 is 22.9 Å². The number of carbonyl (C=O) groups excluding carboxylic acids is 3. The number of hydrogen-bond acceptors (Lipinski definition) is 8. The van der Waals surface area contributed by atoms with Gasteiger partial charge in [-0.15, -0.1) is 0 Å². The maximum atomic E-state index is 15.5. The van der Waals surface area contributed by atoms with Crippen molar-refractivity contribution in [2.24, 2.45) is 0 Å². The predicted octanol–water partition coefficient (Wildman–Crippen LogP) is 6.99. The van der Waals surface area contributed by atoms with Gasteiger partial charge in [-0.3, -0.25) is 14.4 Å². The largest absolute Gasteiger partial charge is 0.490 e. The van der Waals surface area contributed by atoms with Crippen molar-refractivity contribution >= 4 is 17.3 Å². The number of carbonyl (C=O) groups is 3. The number of ether oxygens (including phenoxy) is 4. The number of nitrogens with zero attached hydrogens (tertiary/aromatic N) is 1. The SMILES string of the molecule is CCOc1ccc(C23C(=O)C(C(=O)c4ccccc4)=C(C(=O)c4ccccc4)N2CCc2cc(OCC)c(OCC)cc23)cc1OCC. The Bertz CT molecular complexity index is 1880. The van der Waals surface area contributed by atoms with Crippen molar-refractivity contribution in [2.75, 3.05) is 33.0 Å². The van der Waals surface area contributed by atoms with Gasteiger partial charge in [0.15, 0.2) is 34.3 Å². The smallest absolute Gasteiger partial charge is 0.209 e. The Hall–Kier alpha value is -5.37. The fraction of sp³-hybridized carbons (Fsp3) is 0.275. The van der Waals surface area contributed by atoms with Crippen LogP contribution < -0.4 is 18.9 Å². The standard InChI is InChI=1S/C40H39NO7/c1-5-45-31-20-19-29(24-33(31)47-7-3)40-30-25-34(48-8-4)32(46-6-2)23-28(30)21-22-41(40)36(38(43)27-17-13-10-14-18-27)35(39(40)44)37(42)26-15-11-9-12-16-26/h9-20,23-25H,5-8,21-22H2,1-4H3. The summed E-state index contributed by atoms with van der Waals surface area (Å²) in [6, 6.07) is 26.6. The molecule has 4 aromatic rings. The molecule has 1 unspecified atom stereocenters. The van der Waals surface area contributed by atoms with Crippen LogP contribution >= 0.6 is 0 Å². The first-order valence-electron chi connectivity index (χ1n) is 16.5. The lowest BCUT2D eigenvalue weighted by molar-refractivity contribution is -0.122. The highest BCUT2D eigenvalue weighted by atomic mass is 16.5. The first-order chi connectivity index (χ1) is 23.4. The lowest BCUT2D eigenvalue weighted by atomic mass is 9.72. The normalized spacial score (nSPS) is 16.7. The summed E-state index contributed by atoms with van der Waals surface area (Å²) in [6.45, 7) is 9.42. The lowest BCUT2D eigenvalue weighted by Crippen LogP contribution is -2.52. The Kier molecular flexibility index (Phi) is 9.35. The fourth-order valence-corrected chi connectivity index (χ4v) is 6.80. The maximum absolute atomic E-state index is 15.5. The molecule has 48 heavy (non-hydrogen) atoms. The summed E-state index contributed by atoms with van der Waals surface area (Å²) in [4.78, 5) is 46.5. The number of hydrogen-bond donors (Lipinski definition) is 0. The fourth-order valence-electron chi connectivity index (χ4n) is 6.80. The van der Waals surface area contributed by atoms with E-state index in [0.717, 1.165) is 5.56 Å². The van der Waals surface area contributed by atoms with Crippen molar-refractivity contribution in [3.05, 3.63) is 130 Å². The molecule has 0 aromatic heterocycles. The molecule has 0 radical (unpaired) electrons. The zero-order valence-electron chi connectivity index (χ0n) is 27.7. The highest BCUT2D eigenvalue weighted by Gasteiger charge is 2.60. The molecule has 0 N–H and O–H groups in total. The van der Waals surface area contributed by atoms with E-state index in [1.165, 1.54) is 0 Å². The molecule has 0 spiro atoms. The molecule has 0 amide bonds. The summed E-state index contributed by atoms with van der Waals surface area (Å²) in [5.41, 5.74) is 1.04. The van der Waals surface area contributed by atoms with Crippen molar-refractivity contribution in [2.45, 2.75) is 39.7 Å². The van der Waals surface area contributed by atoms with Crippen molar-refractivity contribution < 1.29 is 33.3 Å². The third-order valence-electron chi connectivity index (χ3n) is 8.71. The number of allylic oxidation sites excluding steroid dienone is 1. The molecule has 1 atom stereocenters. The molecule has 2 aliphatic rings. The summed E-state index contributed by atoms with van der Waals surface area (Å²) in [6.07, 6.45) is 0.491. The number of Topliss-reactive ketones (excluding diaryl/α,β-unsaturated/α-hetero) is 3. The second kappa shape index (κ2) is 13.8. The highest BCUT2D eigenvalue weighted by Crippen LogP contribution is 2.54. The van der Waals surface area contributed by atoms with E-state index in [0.29, 0.717) is 78.1 Å². The van der Waals surface area contributed by atoms with Crippen LogP contribution in [0.25, 0.3) is 0 Å². The molecule has 8 heteroatoms. The first kappa shape index (κ1) is 32.6. The average Bonchev–Trinajstić information content (AvgIpc) is 3.38. The van der Waals surface area contributed by atoms with E-state index in [1.807, 2.05) is 56.9 Å². The lowest BCUT2D eigenvalue weighted by Gasteiger charge is -2.45. The van der Waals surface area contributed by atoms with E-state index in [2.05, 4.69) is 0 Å². The van der Waals surface area contributed by atoms with Crippen LogP contribution in [0.3, 0.4) is 0 Å². The third-order valence-corrected chi connectivity index (χ3v) is 8.71. The molecule has 246 valence electrons. The molecular weight excluding hydrogens is 606 g/mol. The number of benzene rings is 4. The van der Waals surface area contributed by atoms with Gasteiger partial charge in [-0.1, -0.05) is 66.7 Å². The average molecular weight is 646 g/mol. The maximum Gasteiger partial charge on any atom is 0.209 e. The minimum absolute atomic E-state index is 0.0735. The Morgan fingerprint density at radius 1 is 0.646 bits per heavy atom. The van der Waals surface area contributed by atoms with E-state index >= 15 is 4.79 Å². The highest BCUT2D eigenvalue weighted by molar-refractivity contribution is 6.35. The van der Waals surface area contributed by atoms with Gasteiger partial charge in [-0.25, -0.2) is 0 Å². The topological polar surface area (TPSA) is 91.4 Å². The van der Waals surface area contributed by atoms with Crippen molar-refractivity contribution in [3.63, 3.8) is 0 Å². The summed E-state index contributed by atoms with van der Waals surface area (Å²) in [5.74, 6) is 0.631. The summed E-state index contributed by atoms with van der Waals surface area (Å²) >= 11 is 0. The van der Waals surface area contributed by atoms with E-state index in [-0.39, 0.29) is 17.8 Å². The molecular formula is C40H39NO7. The minimum atomic E-state index is -1.60. The van der Waals surface area contributed by atoms with Gasteiger partial charge in [0.2, 0.25) is 11.6 Å². The van der Waals surface area contributed by atoms with Gasteiger partial charge in [0.1, 0.15) is 5.70 Å². The monoisotopic (exact) mass is 645 g/mol. The van der Waals surface area contributed by atoms with Gasteiger partial charge >= 0.3 is 0 Å². The van der Waals surface area contributed by atoms with Gasteiger partial charge < -0.3 is 23.8 Å². The molecule has 0 saturated heterocycles. The van der Waals surface area contributed by atoms with Crippen LogP contribution in [0.15, 0.2) is 102 Å².